The van der Waals surface area contributed by atoms with Crippen LogP contribution >= 0.6 is 0 Å². The van der Waals surface area contributed by atoms with Crippen molar-refractivity contribution >= 4 is 5.91 Å². The molecule has 1 aliphatic rings. The first-order valence-electron chi connectivity index (χ1n) is 5.78. The van der Waals surface area contributed by atoms with Crippen molar-refractivity contribution in [3.63, 3.8) is 0 Å². The monoisotopic (exact) mass is 215 g/mol. The molecule has 2 rings (SSSR count). The minimum Gasteiger partial charge on any atom is -0.352 e. The molecule has 0 heterocycles. The molecule has 0 saturated carbocycles. The molecular weight excluding hydrogens is 198 g/mol. The Morgan fingerprint density at radius 1 is 1.38 bits per heavy atom. The predicted octanol–water partition coefficient (Wildman–Crippen LogP) is 2.02. The quantitative estimate of drug-likeness (QED) is 0.765. The van der Waals surface area contributed by atoms with Crippen molar-refractivity contribution in [3.05, 3.63) is 47.5 Å². The molecule has 2 heteroatoms. The van der Waals surface area contributed by atoms with Gasteiger partial charge in [0.25, 0.3) is 0 Å². The number of aryl methyl sites for hydroxylation is 2. The van der Waals surface area contributed by atoms with Gasteiger partial charge in [-0.1, -0.05) is 24.3 Å². The smallest absolute Gasteiger partial charge is 0.224 e. The molecule has 1 aliphatic carbocycles. The van der Waals surface area contributed by atoms with Gasteiger partial charge in [0, 0.05) is 6.54 Å². The standard InChI is InChI=1S/C14H17NO/c1-2-8-15-14(16)10-11-6-7-12-4-3-5-13(12)9-11/h2,6-7,9H,1,3-5,8,10H2,(H,15,16). The lowest BCUT2D eigenvalue weighted by molar-refractivity contribution is -0.120. The van der Waals surface area contributed by atoms with Crippen LogP contribution < -0.4 is 5.32 Å². The summed E-state index contributed by atoms with van der Waals surface area (Å²) in [5.41, 5.74) is 3.99. The van der Waals surface area contributed by atoms with Gasteiger partial charge >= 0.3 is 0 Å². The average molecular weight is 215 g/mol. The molecule has 1 amide bonds. The van der Waals surface area contributed by atoms with Crippen LogP contribution in [0.5, 0.6) is 0 Å². The van der Waals surface area contributed by atoms with E-state index in [1.54, 1.807) is 6.08 Å². The lowest BCUT2D eigenvalue weighted by Gasteiger charge is -2.05. The number of carbonyl (C=O) groups excluding carboxylic acids is 1. The average Bonchev–Trinajstić information content (AvgIpc) is 2.73. The van der Waals surface area contributed by atoms with Gasteiger partial charge in [0.05, 0.1) is 6.42 Å². The Labute approximate surface area is 96.4 Å². The van der Waals surface area contributed by atoms with E-state index in [0.29, 0.717) is 13.0 Å². The first-order valence-corrected chi connectivity index (χ1v) is 5.78. The molecule has 84 valence electrons. The van der Waals surface area contributed by atoms with E-state index >= 15 is 0 Å². The summed E-state index contributed by atoms with van der Waals surface area (Å²) < 4.78 is 0. The van der Waals surface area contributed by atoms with Gasteiger partial charge in [-0.3, -0.25) is 4.79 Å². The van der Waals surface area contributed by atoms with Gasteiger partial charge in [-0.15, -0.1) is 6.58 Å². The second-order valence-corrected chi connectivity index (χ2v) is 4.23. The lowest BCUT2D eigenvalue weighted by Crippen LogP contribution is -2.24. The molecule has 1 aromatic carbocycles. The highest BCUT2D eigenvalue weighted by Crippen LogP contribution is 2.22. The van der Waals surface area contributed by atoms with Gasteiger partial charge in [-0.2, -0.15) is 0 Å². The highest BCUT2D eigenvalue weighted by Gasteiger charge is 2.11. The third kappa shape index (κ3) is 2.51. The number of hydrogen-bond donors (Lipinski definition) is 1. The minimum absolute atomic E-state index is 0.0675. The summed E-state index contributed by atoms with van der Waals surface area (Å²) >= 11 is 0. The lowest BCUT2D eigenvalue weighted by atomic mass is 10.0. The maximum Gasteiger partial charge on any atom is 0.224 e. The fraction of sp³-hybridized carbons (Fsp3) is 0.357. The molecule has 0 atom stereocenters. The van der Waals surface area contributed by atoms with Crippen LogP contribution in [0.4, 0.5) is 0 Å². The summed E-state index contributed by atoms with van der Waals surface area (Å²) in [4.78, 5) is 11.5. The van der Waals surface area contributed by atoms with Crippen LogP contribution in [0.3, 0.4) is 0 Å². The number of rotatable bonds is 4. The zero-order chi connectivity index (χ0) is 11.4. The van der Waals surface area contributed by atoms with Gasteiger partial charge in [-0.05, 0) is 36.0 Å². The first-order chi connectivity index (χ1) is 7.79. The van der Waals surface area contributed by atoms with Crippen molar-refractivity contribution in [2.75, 3.05) is 6.54 Å². The van der Waals surface area contributed by atoms with Crippen LogP contribution in [0, 0.1) is 0 Å². The van der Waals surface area contributed by atoms with E-state index in [9.17, 15) is 4.79 Å². The van der Waals surface area contributed by atoms with Gasteiger partial charge < -0.3 is 5.32 Å². The van der Waals surface area contributed by atoms with Crippen LogP contribution in [0.1, 0.15) is 23.1 Å². The van der Waals surface area contributed by atoms with E-state index in [4.69, 9.17) is 0 Å². The van der Waals surface area contributed by atoms with E-state index in [-0.39, 0.29) is 5.91 Å². The second kappa shape index (κ2) is 4.97. The number of carbonyl (C=O) groups is 1. The van der Waals surface area contributed by atoms with Crippen LogP contribution in [0.2, 0.25) is 0 Å². The number of benzene rings is 1. The third-order valence-electron chi connectivity index (χ3n) is 2.97. The zero-order valence-electron chi connectivity index (χ0n) is 9.46. The Kier molecular flexibility index (Phi) is 3.40. The Balaban J connectivity index is 1.99. The maximum absolute atomic E-state index is 11.5. The molecule has 0 saturated heterocycles. The normalized spacial score (nSPS) is 13.2. The van der Waals surface area contributed by atoms with Crippen LogP contribution in [0.25, 0.3) is 0 Å². The molecule has 0 aromatic heterocycles. The molecule has 0 bridgehead atoms. The van der Waals surface area contributed by atoms with Crippen molar-refractivity contribution in [2.45, 2.75) is 25.7 Å². The Morgan fingerprint density at radius 3 is 3.00 bits per heavy atom. The van der Waals surface area contributed by atoms with E-state index in [1.165, 1.54) is 24.0 Å². The largest absolute Gasteiger partial charge is 0.352 e. The molecular formula is C14H17NO. The molecule has 1 aromatic rings. The van der Waals surface area contributed by atoms with Crippen molar-refractivity contribution < 1.29 is 4.79 Å². The fourth-order valence-electron chi connectivity index (χ4n) is 2.17. The van der Waals surface area contributed by atoms with Gasteiger partial charge in [0.15, 0.2) is 0 Å². The minimum atomic E-state index is 0.0675. The number of amides is 1. The van der Waals surface area contributed by atoms with Crippen molar-refractivity contribution in [2.24, 2.45) is 0 Å². The van der Waals surface area contributed by atoms with Crippen LogP contribution in [-0.4, -0.2) is 12.5 Å². The highest BCUT2D eigenvalue weighted by atomic mass is 16.1. The summed E-state index contributed by atoms with van der Waals surface area (Å²) in [7, 11) is 0. The van der Waals surface area contributed by atoms with E-state index in [2.05, 4.69) is 30.1 Å². The molecule has 0 unspecified atom stereocenters. The van der Waals surface area contributed by atoms with Gasteiger partial charge in [0.1, 0.15) is 0 Å². The number of hydrogen-bond acceptors (Lipinski definition) is 1. The van der Waals surface area contributed by atoms with E-state index < -0.39 is 0 Å². The highest BCUT2D eigenvalue weighted by molar-refractivity contribution is 5.78. The maximum atomic E-state index is 11.5. The molecule has 1 N–H and O–H groups in total. The zero-order valence-corrected chi connectivity index (χ0v) is 9.46. The number of nitrogens with one attached hydrogen (secondary N) is 1. The predicted molar refractivity (Wildman–Crippen MR) is 65.4 cm³/mol. The number of fused-ring (bicyclic) bond motifs is 1. The van der Waals surface area contributed by atoms with Gasteiger partial charge in [0.2, 0.25) is 5.91 Å². The third-order valence-corrected chi connectivity index (χ3v) is 2.97. The summed E-state index contributed by atoms with van der Waals surface area (Å²) in [5.74, 6) is 0.0675. The molecule has 0 aliphatic heterocycles. The Bertz CT molecular complexity index is 409. The molecule has 0 fully saturated rings. The van der Waals surface area contributed by atoms with Crippen LogP contribution in [-0.2, 0) is 24.1 Å². The second-order valence-electron chi connectivity index (χ2n) is 4.23. The van der Waals surface area contributed by atoms with Crippen molar-refractivity contribution in [3.8, 4) is 0 Å². The van der Waals surface area contributed by atoms with E-state index in [0.717, 1.165) is 12.0 Å². The fourth-order valence-corrected chi connectivity index (χ4v) is 2.17. The molecule has 0 spiro atoms. The summed E-state index contributed by atoms with van der Waals surface area (Å²) in [6.45, 7) is 4.12. The molecule has 16 heavy (non-hydrogen) atoms. The Morgan fingerprint density at radius 2 is 2.19 bits per heavy atom. The van der Waals surface area contributed by atoms with Crippen molar-refractivity contribution in [1.29, 1.82) is 0 Å². The topological polar surface area (TPSA) is 29.1 Å². The summed E-state index contributed by atoms with van der Waals surface area (Å²) in [6, 6.07) is 6.41. The van der Waals surface area contributed by atoms with Crippen molar-refractivity contribution in [1.82, 2.24) is 5.32 Å². The van der Waals surface area contributed by atoms with Crippen LogP contribution in [0.15, 0.2) is 30.9 Å². The molecule has 0 radical (unpaired) electrons. The Hall–Kier alpha value is -1.57. The summed E-state index contributed by atoms with van der Waals surface area (Å²) in [6.07, 6.45) is 5.78. The van der Waals surface area contributed by atoms with E-state index in [1.807, 2.05) is 0 Å². The SMILES string of the molecule is C=CCNC(=O)Cc1ccc2c(c1)CCC2. The molecule has 2 nitrogen and oxygen atoms in total. The first kappa shape index (κ1) is 10.9. The summed E-state index contributed by atoms with van der Waals surface area (Å²) in [5, 5.41) is 2.79. The van der Waals surface area contributed by atoms with Gasteiger partial charge in [-0.25, -0.2) is 0 Å².